The molecule has 3 aromatic rings. The van der Waals surface area contributed by atoms with Crippen LogP contribution in [0.5, 0.6) is 0 Å². The van der Waals surface area contributed by atoms with Crippen LogP contribution in [0.25, 0.3) is 56.5 Å². The van der Waals surface area contributed by atoms with Gasteiger partial charge in [-0.3, -0.25) is 38.4 Å². The van der Waals surface area contributed by atoms with Gasteiger partial charge in [0.25, 0.3) is 11.8 Å². The molecule has 0 radical (unpaired) electrons. The molecule has 24 N–H and O–H groups in total. The summed E-state index contributed by atoms with van der Waals surface area (Å²) in [5.41, 5.74) is 10.8. The number of amides is 8. The predicted octanol–water partition coefficient (Wildman–Crippen LogP) is -6.67. The van der Waals surface area contributed by atoms with Gasteiger partial charge in [0.2, 0.25) is 35.4 Å². The normalized spacial score (nSPS) is 26.0. The first-order chi connectivity index (χ1) is 63.1. The number of aromatic amines is 2. The first kappa shape index (κ1) is 106. The molecule has 0 aliphatic carbocycles. The van der Waals surface area contributed by atoms with Gasteiger partial charge in [-0.05, 0) is 98.2 Å². The first-order valence-electron chi connectivity index (χ1n) is 43.0. The second-order valence-corrected chi connectivity index (χ2v) is 31.5. The van der Waals surface area contributed by atoms with Crippen LogP contribution in [0.1, 0.15) is 123 Å². The van der Waals surface area contributed by atoms with Gasteiger partial charge < -0.3 is 161 Å². The van der Waals surface area contributed by atoms with Gasteiger partial charge in [-0.25, -0.2) is 29.3 Å². The highest BCUT2D eigenvalue weighted by atomic mass is 17.0. The van der Waals surface area contributed by atoms with Crippen LogP contribution in [0, 0.1) is 13.8 Å². The Morgan fingerprint density at radius 1 is 0.356 bits per heavy atom. The monoisotopic (exact) mass is 1870 g/mol. The Hall–Kier alpha value is -9.28. The summed E-state index contributed by atoms with van der Waals surface area (Å²) in [6.45, 7) is 9.19. The number of hydrogen-bond acceptors (Lipinski definition) is 38. The number of aliphatic hydroxyl groups excluding tert-OH is 16. The third-order valence-corrected chi connectivity index (χ3v) is 22.4. The van der Waals surface area contributed by atoms with Crippen LogP contribution in [0.3, 0.4) is 0 Å². The van der Waals surface area contributed by atoms with Gasteiger partial charge in [0.1, 0.15) is 124 Å². The highest BCUT2D eigenvalue weighted by molar-refractivity contribution is 5.98. The molecule has 20 atom stereocenters. The number of carbonyl (C=O) groups is 8. The molecular formula is C84H122N12O36. The standard InChI is InChI=1S/C84H122N12O36/c1-7-45-41(3)49-33-50-43(5)47(9-11-61(101)85-19-13-67(107)95(125-29-25-121-21-15-63(103)91-81-77(117)73(113)69(109)57(37-97)129-81)126-30-26-122-22-16-64(104)92-82-78(118)74(114)70(110)58(38-98)130-82)55(89-50)36-56-48(44(6)52(90-56)35-54-46(8-2)42(4)51(88-54)34-53(45)87-49)10-12-62(102)86-20-14-68(108)96(127-31-27-123-23-17-65(105)93-83-79(119)75(115)71(111)59(39-99)131-83)128-32-28-124-24-18-66(106)94-84-80(120)76(116)72(112)60(40-100)132-84/h7-8,33-36,57-60,69-84,87-88,97-100,109-120H,1-2,9-32,37-40H2,3-6H3,(H,85,101)(H,86,102)(H,91,103)(H,92,104)(H,93,105)(H,94,106)/t57-,58-,59-,60-,69+,70+,71+,72+,73+,74+,75+,76+,77-,78-,79-,80-,81-,82-,83-,84-/m1/s1. The maximum absolute atomic E-state index is 14.0. The fraction of sp³-hybridized carbons (Fsp3) is 0.619. The lowest BCUT2D eigenvalue weighted by Gasteiger charge is -2.40. The van der Waals surface area contributed by atoms with E-state index in [0.717, 1.165) is 33.3 Å². The first-order valence-corrected chi connectivity index (χ1v) is 43.0. The van der Waals surface area contributed by atoms with E-state index < -0.39 is 209 Å². The molecule has 6 aliphatic rings. The Kier molecular flexibility index (Phi) is 41.9. The fourth-order valence-corrected chi connectivity index (χ4v) is 14.7. The van der Waals surface area contributed by atoms with Crippen molar-refractivity contribution in [1.29, 1.82) is 0 Å². The molecule has 4 saturated heterocycles. The predicted molar refractivity (Wildman–Crippen MR) is 456 cm³/mol. The molecule has 0 aromatic carbocycles. The van der Waals surface area contributed by atoms with E-state index in [-0.39, 0.29) is 144 Å². The second-order valence-electron chi connectivity index (χ2n) is 31.5. The number of hydroxylamine groups is 4. The van der Waals surface area contributed by atoms with Crippen molar-refractivity contribution in [2.24, 2.45) is 0 Å². The summed E-state index contributed by atoms with van der Waals surface area (Å²) in [7, 11) is 0. The number of H-pyrrole nitrogens is 2. The summed E-state index contributed by atoms with van der Waals surface area (Å²) in [6, 6.07) is 7.49. The lowest BCUT2D eigenvalue weighted by molar-refractivity contribution is -0.346. The Labute approximate surface area is 756 Å². The second kappa shape index (κ2) is 52.0. The summed E-state index contributed by atoms with van der Waals surface area (Å²) in [6.07, 6.45) is -30.1. The van der Waals surface area contributed by atoms with Crippen LogP contribution in [0.2, 0.25) is 0 Å². The largest absolute Gasteiger partial charge is 0.394 e. The molecule has 6 aliphatic heterocycles. The van der Waals surface area contributed by atoms with Crippen LogP contribution in [-0.2, 0) is 95.6 Å². The number of carbonyl (C=O) groups excluding carboxylic acids is 8. The van der Waals surface area contributed by atoms with Crippen molar-refractivity contribution in [1.82, 2.24) is 62.3 Å². The van der Waals surface area contributed by atoms with E-state index in [9.17, 15) is 120 Å². The van der Waals surface area contributed by atoms with Crippen LogP contribution in [-0.4, -0.2) is 401 Å². The minimum atomic E-state index is -1.74. The number of hydrogen-bond donors (Lipinski definition) is 24. The van der Waals surface area contributed by atoms with E-state index >= 15 is 0 Å². The van der Waals surface area contributed by atoms with Crippen molar-refractivity contribution in [3.8, 4) is 0 Å². The quantitative estimate of drug-likeness (QED) is 0.0185. The molecule has 0 unspecified atom stereocenters. The Morgan fingerprint density at radius 3 is 0.924 bits per heavy atom. The molecule has 48 heteroatoms. The zero-order valence-corrected chi connectivity index (χ0v) is 73.3. The number of aliphatic hydroxyl groups is 16. The van der Waals surface area contributed by atoms with Crippen molar-refractivity contribution >= 4 is 104 Å². The van der Waals surface area contributed by atoms with Gasteiger partial charge in [0.15, 0.2) is 24.9 Å². The maximum Gasteiger partial charge on any atom is 0.275 e. The van der Waals surface area contributed by atoms with E-state index in [1.807, 2.05) is 45.9 Å². The molecular weight excluding hydrogens is 1750 g/mol. The Bertz CT molecular complexity index is 4520. The Morgan fingerprint density at radius 2 is 0.636 bits per heavy atom. The molecule has 0 spiro atoms. The molecule has 3 aromatic heterocycles. The summed E-state index contributed by atoms with van der Waals surface area (Å²) in [4.78, 5) is 147. The molecule has 48 nitrogen and oxygen atoms in total. The van der Waals surface area contributed by atoms with Gasteiger partial charge in [0.05, 0.1) is 128 Å². The maximum atomic E-state index is 14.0. The zero-order valence-electron chi connectivity index (χ0n) is 73.3. The minimum absolute atomic E-state index is 0.0936. The zero-order chi connectivity index (χ0) is 96.2. The number of nitrogens with one attached hydrogen (secondary N) is 8. The van der Waals surface area contributed by atoms with Crippen LogP contribution < -0.4 is 31.9 Å². The smallest absolute Gasteiger partial charge is 0.275 e. The SMILES string of the molecule is C=Cc1c(C)c2cc3[nH]c(cc4nc(cc5nc(cc1[nH]2)C(C)=C5CCC(=O)NCCC(=O)N(OCCOCCC(=O)N[C@@H]1O[C@H](CO)[C@H](O)[C@H](O)[C@H]1O)OCCOCCC(=O)N[C@@H]1O[C@H](CO)[C@H](O)[C@H](O)[C@H]1O)C(CCC(=O)NCCC(=O)N(OCCOCCC(=O)N[C@@H]1O[C@H](CO)[C@H](O)[C@H](O)[C@H]1O)OCCOCCC(=O)N[C@@H]1O[C@H](CO)[C@H](O)[C@H](O)[C@H]1O)=C4C)c(C)c3C=C. The topological polar surface area (TPSA) is 707 Å². The van der Waals surface area contributed by atoms with E-state index in [2.05, 4.69) is 55.0 Å². The average molecular weight is 1880 g/mol. The van der Waals surface area contributed by atoms with Gasteiger partial charge in [-0.2, -0.15) is 0 Å². The number of ether oxygens (including phenoxy) is 8. The number of rotatable bonds is 50. The van der Waals surface area contributed by atoms with Gasteiger partial charge in [-0.15, -0.1) is 0 Å². The molecule has 9 heterocycles. The van der Waals surface area contributed by atoms with Crippen LogP contribution >= 0.6 is 0 Å². The number of allylic oxidation sites excluding steroid dienone is 4. The Balaban J connectivity index is 0.844. The molecule has 8 bridgehead atoms. The molecule has 4 fully saturated rings. The lowest BCUT2D eigenvalue weighted by Crippen LogP contribution is -2.63. The van der Waals surface area contributed by atoms with Crippen molar-refractivity contribution in [2.75, 3.05) is 119 Å². The van der Waals surface area contributed by atoms with E-state index in [1.54, 1.807) is 18.2 Å². The fourth-order valence-electron chi connectivity index (χ4n) is 14.7. The highest BCUT2D eigenvalue weighted by Gasteiger charge is 2.48. The number of fused-ring (bicyclic) bond motifs is 8. The molecule has 132 heavy (non-hydrogen) atoms. The van der Waals surface area contributed by atoms with E-state index in [4.69, 9.17) is 67.2 Å². The summed E-state index contributed by atoms with van der Waals surface area (Å²) in [5, 5.41) is 177. The van der Waals surface area contributed by atoms with Crippen LogP contribution in [0.15, 0.2) is 37.4 Å². The third kappa shape index (κ3) is 28.9. The van der Waals surface area contributed by atoms with Crippen molar-refractivity contribution in [2.45, 2.75) is 214 Å². The summed E-state index contributed by atoms with van der Waals surface area (Å²) in [5.74, 6) is -5.39. The van der Waals surface area contributed by atoms with Crippen molar-refractivity contribution in [3.05, 3.63) is 82.5 Å². The number of aromatic nitrogens is 4. The summed E-state index contributed by atoms with van der Waals surface area (Å²) < 4.78 is 43.4. The third-order valence-electron chi connectivity index (χ3n) is 22.4. The number of aryl methyl sites for hydroxylation is 2. The molecule has 9 rings (SSSR count). The van der Waals surface area contributed by atoms with Gasteiger partial charge >= 0.3 is 0 Å². The summed E-state index contributed by atoms with van der Waals surface area (Å²) >= 11 is 0. The van der Waals surface area contributed by atoms with E-state index in [1.165, 1.54) is 0 Å². The highest BCUT2D eigenvalue weighted by Crippen LogP contribution is 2.39. The average Bonchev–Trinajstić information content (AvgIpc) is 1.63. The van der Waals surface area contributed by atoms with Gasteiger partial charge in [-0.1, -0.05) is 35.8 Å². The molecule has 734 valence electrons. The van der Waals surface area contributed by atoms with Crippen LogP contribution in [0.4, 0.5) is 0 Å². The lowest BCUT2D eigenvalue weighted by atomic mass is 9.98. The molecule has 8 amide bonds. The minimum Gasteiger partial charge on any atom is -0.394 e. The number of nitrogens with zero attached hydrogens (tertiary/aromatic N) is 4. The van der Waals surface area contributed by atoms with Crippen molar-refractivity contribution < 1.29 is 177 Å². The van der Waals surface area contributed by atoms with E-state index in [0.29, 0.717) is 66.6 Å². The molecule has 0 saturated carbocycles. The van der Waals surface area contributed by atoms with Gasteiger partial charge in [0, 0.05) is 72.0 Å². The van der Waals surface area contributed by atoms with Crippen molar-refractivity contribution in [3.63, 3.8) is 0 Å².